The van der Waals surface area contributed by atoms with Crippen LogP contribution >= 0.6 is 0 Å². The van der Waals surface area contributed by atoms with E-state index in [1.807, 2.05) is 30.3 Å². The number of ether oxygens (including phenoxy) is 1. The molecule has 2 atom stereocenters. The number of para-hydroxylation sites is 1. The Balaban J connectivity index is 1.73. The van der Waals surface area contributed by atoms with Gasteiger partial charge in [0.25, 0.3) is 0 Å². The maximum atomic E-state index is 12.1. The summed E-state index contributed by atoms with van der Waals surface area (Å²) in [7, 11) is 0. The quantitative estimate of drug-likeness (QED) is 0.408. The predicted octanol–water partition coefficient (Wildman–Crippen LogP) is 2.85. The van der Waals surface area contributed by atoms with E-state index < -0.39 is 18.0 Å². The lowest BCUT2D eigenvalue weighted by atomic mass is 9.89. The molecule has 1 aliphatic heterocycles. The highest BCUT2D eigenvalue weighted by atomic mass is 16.6. The summed E-state index contributed by atoms with van der Waals surface area (Å²) in [5.74, 6) is -0.999. The molecule has 0 bridgehead atoms. The normalized spacial score (nSPS) is 20.6. The van der Waals surface area contributed by atoms with Crippen LogP contribution in [-0.4, -0.2) is 16.8 Å². The molecule has 0 aromatic heterocycles. The van der Waals surface area contributed by atoms with E-state index in [4.69, 9.17) is 9.57 Å². The molecule has 5 heteroatoms. The average molecular weight is 311 g/mol. The molecule has 23 heavy (non-hydrogen) atoms. The number of fused-ring (bicyclic) bond motifs is 1. The van der Waals surface area contributed by atoms with Gasteiger partial charge >= 0.3 is 5.97 Å². The van der Waals surface area contributed by atoms with E-state index in [2.05, 4.69) is 5.16 Å². The third-order valence-corrected chi connectivity index (χ3v) is 3.75. The third-order valence-electron chi connectivity index (χ3n) is 3.75. The van der Waals surface area contributed by atoms with Gasteiger partial charge in [0.15, 0.2) is 0 Å². The van der Waals surface area contributed by atoms with Crippen molar-refractivity contribution in [2.45, 2.75) is 19.6 Å². The van der Waals surface area contributed by atoms with Gasteiger partial charge in [-0.3, -0.25) is 4.79 Å². The van der Waals surface area contributed by atoms with Crippen molar-refractivity contribution in [3.63, 3.8) is 0 Å². The Morgan fingerprint density at radius 3 is 2.65 bits per heavy atom. The number of aliphatic hydroxyl groups is 1. The molecule has 2 aromatic rings. The van der Waals surface area contributed by atoms with E-state index in [1.165, 1.54) is 0 Å². The van der Waals surface area contributed by atoms with Crippen LogP contribution in [0.1, 0.15) is 24.2 Å². The fraction of sp³-hybridized carbons (Fsp3) is 0.222. The van der Waals surface area contributed by atoms with E-state index in [1.54, 1.807) is 31.2 Å². The summed E-state index contributed by atoms with van der Waals surface area (Å²) in [5.41, 5.74) is 1.93. The molecule has 1 aliphatic rings. The number of aliphatic hydroxyl groups excluding tert-OH is 1. The first kappa shape index (κ1) is 15.2. The van der Waals surface area contributed by atoms with Gasteiger partial charge in [-0.25, -0.2) is 0 Å². The number of nitrogens with zero attached hydrogens (tertiary/aromatic N) is 1. The minimum absolute atomic E-state index is 0.298. The van der Waals surface area contributed by atoms with Crippen LogP contribution in [0, 0.1) is 5.92 Å². The van der Waals surface area contributed by atoms with Crippen LogP contribution in [-0.2, 0) is 16.2 Å². The monoisotopic (exact) mass is 311 g/mol. The first-order chi connectivity index (χ1) is 11.2. The van der Waals surface area contributed by atoms with Crippen LogP contribution in [0.2, 0.25) is 0 Å². The summed E-state index contributed by atoms with van der Waals surface area (Å²) in [4.78, 5) is 17.4. The summed E-state index contributed by atoms with van der Waals surface area (Å²) in [6.45, 7) is 1.95. The van der Waals surface area contributed by atoms with Crippen molar-refractivity contribution in [1.82, 2.24) is 0 Å². The number of hydrogen-bond donors (Lipinski definition) is 1. The molecule has 0 saturated carbocycles. The standard InChI is InChI=1S/C18H17NO4/c1-12(19-22-11-13-7-3-2-4-8-13)16-17(20)14-9-5-6-10-15(14)23-18(16)21/h2-10,16-17,20H,11H2,1H3/b19-12+. The molecule has 1 heterocycles. The molecule has 1 N–H and O–H groups in total. The van der Waals surface area contributed by atoms with Gasteiger partial charge in [-0.15, -0.1) is 0 Å². The van der Waals surface area contributed by atoms with Crippen molar-refractivity contribution in [2.75, 3.05) is 0 Å². The lowest BCUT2D eigenvalue weighted by Crippen LogP contribution is -2.36. The third kappa shape index (κ3) is 3.24. The molecular weight excluding hydrogens is 294 g/mol. The van der Waals surface area contributed by atoms with Crippen LogP contribution in [0.5, 0.6) is 5.75 Å². The van der Waals surface area contributed by atoms with Crippen LogP contribution in [0.4, 0.5) is 0 Å². The van der Waals surface area contributed by atoms with Gasteiger partial charge in [0.2, 0.25) is 0 Å². The van der Waals surface area contributed by atoms with E-state index >= 15 is 0 Å². The second-order valence-electron chi connectivity index (χ2n) is 5.37. The van der Waals surface area contributed by atoms with Crippen LogP contribution in [0.15, 0.2) is 59.8 Å². The Morgan fingerprint density at radius 1 is 1.17 bits per heavy atom. The molecule has 0 amide bonds. The van der Waals surface area contributed by atoms with Gasteiger partial charge < -0.3 is 14.7 Å². The maximum absolute atomic E-state index is 12.1. The number of oxime groups is 1. The molecule has 2 unspecified atom stereocenters. The molecular formula is C18H17NO4. The highest BCUT2D eigenvalue weighted by Crippen LogP contribution is 2.36. The summed E-state index contributed by atoms with van der Waals surface area (Å²) >= 11 is 0. The number of hydrogen-bond acceptors (Lipinski definition) is 5. The lowest BCUT2D eigenvalue weighted by Gasteiger charge is -2.27. The van der Waals surface area contributed by atoms with Crippen LogP contribution in [0.25, 0.3) is 0 Å². The van der Waals surface area contributed by atoms with Crippen molar-refractivity contribution in [2.24, 2.45) is 11.1 Å². The van der Waals surface area contributed by atoms with E-state index in [0.717, 1.165) is 5.56 Å². The number of carbonyl (C=O) groups excluding carboxylic acids is 1. The molecule has 3 rings (SSSR count). The summed E-state index contributed by atoms with van der Waals surface area (Å²) < 4.78 is 5.27. The zero-order valence-corrected chi connectivity index (χ0v) is 12.7. The zero-order valence-electron chi connectivity index (χ0n) is 12.7. The molecule has 0 saturated heterocycles. The first-order valence-electron chi connectivity index (χ1n) is 7.36. The van der Waals surface area contributed by atoms with Crippen LogP contribution < -0.4 is 4.74 Å². The fourth-order valence-electron chi connectivity index (χ4n) is 2.54. The second-order valence-corrected chi connectivity index (χ2v) is 5.37. The molecule has 0 fully saturated rings. The van der Waals surface area contributed by atoms with Gasteiger partial charge in [0, 0.05) is 5.56 Å². The van der Waals surface area contributed by atoms with Crippen molar-refractivity contribution < 1.29 is 19.5 Å². The number of esters is 1. The van der Waals surface area contributed by atoms with Gasteiger partial charge in [0.1, 0.15) is 24.4 Å². The molecule has 0 aliphatic carbocycles. The minimum Gasteiger partial charge on any atom is -0.426 e. The summed E-state index contributed by atoms with van der Waals surface area (Å²) in [6, 6.07) is 16.5. The molecule has 5 nitrogen and oxygen atoms in total. The smallest absolute Gasteiger partial charge is 0.323 e. The second kappa shape index (κ2) is 6.62. The number of benzene rings is 2. The molecule has 2 aromatic carbocycles. The topological polar surface area (TPSA) is 68.1 Å². The maximum Gasteiger partial charge on any atom is 0.323 e. The number of carbonyl (C=O) groups is 1. The zero-order chi connectivity index (χ0) is 16.2. The Kier molecular flexibility index (Phi) is 4.39. The van der Waals surface area contributed by atoms with Crippen molar-refractivity contribution in [3.8, 4) is 5.75 Å². The van der Waals surface area contributed by atoms with Crippen LogP contribution in [0.3, 0.4) is 0 Å². The molecule has 118 valence electrons. The van der Waals surface area contributed by atoms with Gasteiger partial charge in [0.05, 0.1) is 5.71 Å². The lowest BCUT2D eigenvalue weighted by molar-refractivity contribution is -0.142. The van der Waals surface area contributed by atoms with Crippen molar-refractivity contribution >= 4 is 11.7 Å². The summed E-state index contributed by atoms with van der Waals surface area (Å²) in [5, 5.41) is 14.4. The Bertz CT molecular complexity index is 727. The Labute approximate surface area is 134 Å². The van der Waals surface area contributed by atoms with Crippen molar-refractivity contribution in [3.05, 3.63) is 65.7 Å². The Morgan fingerprint density at radius 2 is 1.87 bits per heavy atom. The van der Waals surface area contributed by atoms with E-state index in [-0.39, 0.29) is 0 Å². The Hall–Kier alpha value is -2.66. The van der Waals surface area contributed by atoms with Gasteiger partial charge in [-0.1, -0.05) is 53.7 Å². The first-order valence-corrected chi connectivity index (χ1v) is 7.36. The molecule has 0 radical (unpaired) electrons. The summed E-state index contributed by atoms with van der Waals surface area (Å²) in [6.07, 6.45) is -0.989. The number of rotatable bonds is 4. The van der Waals surface area contributed by atoms with Gasteiger partial charge in [-0.2, -0.15) is 0 Å². The van der Waals surface area contributed by atoms with Crippen molar-refractivity contribution in [1.29, 1.82) is 0 Å². The largest absolute Gasteiger partial charge is 0.426 e. The average Bonchev–Trinajstić information content (AvgIpc) is 2.56. The highest BCUT2D eigenvalue weighted by molar-refractivity contribution is 6.03. The predicted molar refractivity (Wildman–Crippen MR) is 84.9 cm³/mol. The van der Waals surface area contributed by atoms with E-state index in [9.17, 15) is 9.90 Å². The minimum atomic E-state index is -0.989. The fourth-order valence-corrected chi connectivity index (χ4v) is 2.54. The molecule has 0 spiro atoms. The van der Waals surface area contributed by atoms with Gasteiger partial charge in [-0.05, 0) is 18.6 Å². The highest BCUT2D eigenvalue weighted by Gasteiger charge is 2.38. The van der Waals surface area contributed by atoms with E-state index in [0.29, 0.717) is 23.6 Å². The SMILES string of the molecule is C/C(=N\OCc1ccccc1)C1C(=O)Oc2ccccc2C1O.